The second-order valence-corrected chi connectivity index (χ2v) is 2.74. The van der Waals surface area contributed by atoms with Crippen LogP contribution in [0.25, 0.3) is 0 Å². The lowest BCUT2D eigenvalue weighted by Crippen LogP contribution is -2.32. The zero-order valence-electron chi connectivity index (χ0n) is 6.13. The lowest BCUT2D eigenvalue weighted by Gasteiger charge is -2.10. The van der Waals surface area contributed by atoms with Gasteiger partial charge in [-0.15, -0.1) is 0 Å². The van der Waals surface area contributed by atoms with Gasteiger partial charge in [-0.3, -0.25) is 9.69 Å². The minimum Gasteiger partial charge on any atom is -0.351 e. The van der Waals surface area contributed by atoms with Gasteiger partial charge in [0.05, 0.1) is 6.54 Å². The lowest BCUT2D eigenvalue weighted by atomic mass is 10.3. The Hall–Kier alpha value is -0.710. The number of amides is 1. The molecule has 0 aromatic rings. The summed E-state index contributed by atoms with van der Waals surface area (Å²) in [5.74, 6) is -0.146. The molecule has 1 heterocycles. The maximum atomic E-state index is 11.8. The van der Waals surface area contributed by atoms with Crippen molar-refractivity contribution in [1.82, 2.24) is 10.2 Å². The van der Waals surface area contributed by atoms with Crippen LogP contribution in [-0.2, 0) is 4.79 Å². The van der Waals surface area contributed by atoms with E-state index in [1.165, 1.54) is 4.90 Å². The zero-order valence-corrected chi connectivity index (χ0v) is 6.95. The molecule has 1 saturated heterocycles. The Morgan fingerprint density at radius 1 is 1.82 bits per heavy atom. The predicted octanol–water partition coefficient (Wildman–Crippen LogP) is 0.0611. The van der Waals surface area contributed by atoms with Gasteiger partial charge in [0.1, 0.15) is 12.7 Å². The van der Waals surface area contributed by atoms with Gasteiger partial charge in [0, 0.05) is 0 Å². The molecule has 1 amide bonds. The Kier molecular flexibility index (Phi) is 2.38. The van der Waals surface area contributed by atoms with Crippen molar-refractivity contribution in [3.63, 3.8) is 0 Å². The van der Waals surface area contributed by atoms with E-state index in [0.29, 0.717) is 5.11 Å². The second-order valence-electron chi connectivity index (χ2n) is 2.35. The van der Waals surface area contributed by atoms with Crippen molar-refractivity contribution in [2.24, 2.45) is 0 Å². The number of carbonyl (C=O) groups is 1. The van der Waals surface area contributed by atoms with Gasteiger partial charge < -0.3 is 5.32 Å². The number of carbonyl (C=O) groups excluding carboxylic acids is 1. The number of halogens is 1. The molecule has 0 spiro atoms. The highest BCUT2D eigenvalue weighted by molar-refractivity contribution is 7.80. The summed E-state index contributed by atoms with van der Waals surface area (Å²) < 4.78 is 11.8. The summed E-state index contributed by atoms with van der Waals surface area (Å²) in [5.41, 5.74) is 0. The van der Waals surface area contributed by atoms with E-state index in [1.54, 1.807) is 6.92 Å². The summed E-state index contributed by atoms with van der Waals surface area (Å²) in [7, 11) is 0. The normalized spacial score (nSPS) is 24.2. The molecule has 1 atom stereocenters. The molecular weight excluding hydrogens is 167 g/mol. The first-order chi connectivity index (χ1) is 5.16. The van der Waals surface area contributed by atoms with Crippen molar-refractivity contribution in [3.05, 3.63) is 0 Å². The van der Waals surface area contributed by atoms with Gasteiger partial charge in [0.25, 0.3) is 5.91 Å². The van der Waals surface area contributed by atoms with E-state index in [1.807, 2.05) is 0 Å². The van der Waals surface area contributed by atoms with Crippen LogP contribution < -0.4 is 5.32 Å². The number of alkyl halides is 1. The highest BCUT2D eigenvalue weighted by Crippen LogP contribution is 2.04. The van der Waals surface area contributed by atoms with Crippen molar-refractivity contribution < 1.29 is 9.18 Å². The third-order valence-electron chi connectivity index (χ3n) is 1.53. The minimum absolute atomic E-state index is 0.0645. The fraction of sp³-hybridized carbons (Fsp3) is 0.667. The molecule has 1 N–H and O–H groups in total. The molecule has 0 bridgehead atoms. The Bertz CT molecular complexity index is 197. The summed E-state index contributed by atoms with van der Waals surface area (Å²) in [6.07, 6.45) is 0. The van der Waals surface area contributed by atoms with Gasteiger partial charge in [0.15, 0.2) is 5.11 Å². The Morgan fingerprint density at radius 2 is 2.45 bits per heavy atom. The average Bonchev–Trinajstić information content (AvgIpc) is 2.17. The molecule has 0 aliphatic carbocycles. The molecule has 3 nitrogen and oxygen atoms in total. The molecule has 1 aliphatic heterocycles. The standard InChI is InChI=1S/C6H9FN2OS/c1-4-5(10)9(3-2-7)6(11)8-4/h4H,2-3H2,1H3,(H,8,11)/t4-/m1/s1. The van der Waals surface area contributed by atoms with Gasteiger partial charge in [0.2, 0.25) is 0 Å². The maximum absolute atomic E-state index is 11.8. The number of nitrogens with one attached hydrogen (secondary N) is 1. The van der Waals surface area contributed by atoms with E-state index >= 15 is 0 Å². The molecule has 62 valence electrons. The maximum Gasteiger partial charge on any atom is 0.251 e. The first-order valence-electron chi connectivity index (χ1n) is 3.34. The Balaban J connectivity index is 2.64. The van der Waals surface area contributed by atoms with Crippen molar-refractivity contribution in [2.45, 2.75) is 13.0 Å². The first-order valence-corrected chi connectivity index (χ1v) is 3.75. The number of hydrogen-bond donors (Lipinski definition) is 1. The molecule has 0 unspecified atom stereocenters. The second kappa shape index (κ2) is 3.13. The van der Waals surface area contributed by atoms with Crippen LogP contribution in [0.1, 0.15) is 6.92 Å². The zero-order chi connectivity index (χ0) is 8.43. The Morgan fingerprint density at radius 3 is 2.82 bits per heavy atom. The average molecular weight is 176 g/mol. The summed E-state index contributed by atoms with van der Waals surface area (Å²) >= 11 is 4.79. The SMILES string of the molecule is C[C@H]1NC(=S)N(CCF)C1=O. The lowest BCUT2D eigenvalue weighted by molar-refractivity contribution is -0.126. The smallest absolute Gasteiger partial charge is 0.251 e. The van der Waals surface area contributed by atoms with Crippen LogP contribution in [0.15, 0.2) is 0 Å². The molecular formula is C6H9FN2OS. The number of hydrogen-bond acceptors (Lipinski definition) is 2. The summed E-state index contributed by atoms with van der Waals surface area (Å²) in [6.45, 7) is 1.21. The van der Waals surface area contributed by atoms with Crippen molar-refractivity contribution in [1.29, 1.82) is 0 Å². The third-order valence-corrected chi connectivity index (χ3v) is 1.87. The van der Waals surface area contributed by atoms with Gasteiger partial charge >= 0.3 is 0 Å². The van der Waals surface area contributed by atoms with Crippen LogP contribution in [0.4, 0.5) is 4.39 Å². The number of thiocarbonyl (C=S) groups is 1. The fourth-order valence-electron chi connectivity index (χ4n) is 0.955. The highest BCUT2D eigenvalue weighted by Gasteiger charge is 2.31. The van der Waals surface area contributed by atoms with E-state index in [4.69, 9.17) is 12.2 Å². The molecule has 5 heteroatoms. The number of rotatable bonds is 2. The summed E-state index contributed by atoms with van der Waals surface area (Å²) in [6, 6.07) is -0.297. The van der Waals surface area contributed by atoms with Crippen LogP contribution in [-0.4, -0.2) is 35.2 Å². The van der Waals surface area contributed by atoms with Crippen molar-refractivity contribution in [3.8, 4) is 0 Å². The van der Waals surface area contributed by atoms with Crippen LogP contribution in [0.5, 0.6) is 0 Å². The molecule has 11 heavy (non-hydrogen) atoms. The van der Waals surface area contributed by atoms with Crippen molar-refractivity contribution >= 4 is 23.2 Å². The molecule has 1 rings (SSSR count). The van der Waals surface area contributed by atoms with Gasteiger partial charge in [-0.05, 0) is 19.1 Å². The third kappa shape index (κ3) is 1.48. The van der Waals surface area contributed by atoms with E-state index in [9.17, 15) is 9.18 Å². The van der Waals surface area contributed by atoms with E-state index in [0.717, 1.165) is 0 Å². The van der Waals surface area contributed by atoms with Crippen LogP contribution in [0.3, 0.4) is 0 Å². The molecule has 0 aromatic carbocycles. The highest BCUT2D eigenvalue weighted by atomic mass is 32.1. The molecule has 0 radical (unpaired) electrons. The topological polar surface area (TPSA) is 32.3 Å². The van der Waals surface area contributed by atoms with Gasteiger partial charge in [-0.1, -0.05) is 0 Å². The predicted molar refractivity (Wildman–Crippen MR) is 42.9 cm³/mol. The largest absolute Gasteiger partial charge is 0.351 e. The molecule has 1 fully saturated rings. The molecule has 1 aliphatic rings. The minimum atomic E-state index is -0.555. The van der Waals surface area contributed by atoms with Crippen LogP contribution in [0, 0.1) is 0 Å². The number of nitrogens with zero attached hydrogens (tertiary/aromatic N) is 1. The van der Waals surface area contributed by atoms with E-state index in [2.05, 4.69) is 5.32 Å². The van der Waals surface area contributed by atoms with Gasteiger partial charge in [-0.2, -0.15) is 0 Å². The van der Waals surface area contributed by atoms with Gasteiger partial charge in [-0.25, -0.2) is 4.39 Å². The molecule has 0 aromatic heterocycles. The van der Waals surface area contributed by atoms with E-state index < -0.39 is 6.67 Å². The Labute approximate surface area is 69.6 Å². The monoisotopic (exact) mass is 176 g/mol. The fourth-order valence-corrected chi connectivity index (χ4v) is 1.31. The van der Waals surface area contributed by atoms with E-state index in [-0.39, 0.29) is 18.5 Å². The summed E-state index contributed by atoms with van der Waals surface area (Å²) in [4.78, 5) is 12.4. The molecule has 0 saturated carbocycles. The quantitative estimate of drug-likeness (QED) is 0.604. The van der Waals surface area contributed by atoms with Crippen LogP contribution >= 0.6 is 12.2 Å². The summed E-state index contributed by atoms with van der Waals surface area (Å²) in [5, 5.41) is 3.08. The first kappa shape index (κ1) is 8.39. The van der Waals surface area contributed by atoms with Crippen molar-refractivity contribution in [2.75, 3.05) is 13.2 Å². The van der Waals surface area contributed by atoms with Crippen LogP contribution in [0.2, 0.25) is 0 Å².